The van der Waals surface area contributed by atoms with Crippen molar-refractivity contribution in [2.24, 2.45) is 5.92 Å². The van der Waals surface area contributed by atoms with Gasteiger partial charge in [0.25, 0.3) is 5.91 Å². The van der Waals surface area contributed by atoms with Crippen LogP contribution in [0.4, 0.5) is 0 Å². The van der Waals surface area contributed by atoms with E-state index in [4.69, 9.17) is 9.47 Å². The number of piperidine rings is 3. The van der Waals surface area contributed by atoms with Crippen LogP contribution in [0.2, 0.25) is 0 Å². The van der Waals surface area contributed by atoms with Gasteiger partial charge in [-0.05, 0) is 75.2 Å². The fourth-order valence-corrected chi connectivity index (χ4v) is 4.80. The first-order chi connectivity index (χ1) is 12.6. The number of hydrogen-bond donors (Lipinski definition) is 1. The Kier molecular flexibility index (Phi) is 4.87. The molecule has 2 atom stereocenters. The number of carbonyl (C=O) groups excluding carboxylic acids is 1. The summed E-state index contributed by atoms with van der Waals surface area (Å²) in [5.74, 6) is 2.12. The lowest BCUT2D eigenvalue weighted by Gasteiger charge is -2.49. The van der Waals surface area contributed by atoms with Crippen molar-refractivity contribution in [3.05, 3.63) is 41.3 Å². The maximum absolute atomic E-state index is 12.7. The Morgan fingerprint density at radius 2 is 1.81 bits per heavy atom. The van der Waals surface area contributed by atoms with E-state index in [9.17, 15) is 4.79 Å². The first-order valence-corrected chi connectivity index (χ1v) is 9.92. The van der Waals surface area contributed by atoms with Gasteiger partial charge in [-0.1, -0.05) is 11.3 Å². The van der Waals surface area contributed by atoms with Crippen molar-refractivity contribution in [1.29, 1.82) is 0 Å². The Balaban J connectivity index is 1.40. The zero-order valence-electron chi connectivity index (χ0n) is 15.1. The normalized spacial score (nSPS) is 27.2. The van der Waals surface area contributed by atoms with E-state index >= 15 is 0 Å². The van der Waals surface area contributed by atoms with Crippen LogP contribution in [-0.4, -0.2) is 43.1 Å². The van der Waals surface area contributed by atoms with Crippen LogP contribution in [0, 0.1) is 5.92 Å². The fourth-order valence-electron chi connectivity index (χ4n) is 4.02. The molecule has 138 valence electrons. The lowest BCUT2D eigenvalue weighted by Crippen LogP contribution is -2.62. The predicted octanol–water partition coefficient (Wildman–Crippen LogP) is 3.76. The van der Waals surface area contributed by atoms with E-state index in [-0.39, 0.29) is 11.9 Å². The third kappa shape index (κ3) is 3.44. The number of carbonyl (C=O) groups is 1. The van der Waals surface area contributed by atoms with E-state index in [0.29, 0.717) is 21.9 Å². The highest BCUT2D eigenvalue weighted by molar-refractivity contribution is 7.15. The number of hydrogen-bond acceptors (Lipinski definition) is 5. The van der Waals surface area contributed by atoms with Crippen LogP contribution in [0.15, 0.2) is 36.4 Å². The molecule has 3 fully saturated rings. The summed E-state index contributed by atoms with van der Waals surface area (Å²) in [5, 5.41) is 3.98. The Morgan fingerprint density at radius 3 is 2.46 bits per heavy atom. The second kappa shape index (κ2) is 7.29. The van der Waals surface area contributed by atoms with Gasteiger partial charge in [-0.15, -0.1) is 0 Å². The minimum atomic E-state index is 0.00480. The number of ether oxygens (including phenoxy) is 2. The van der Waals surface area contributed by atoms with Crippen molar-refractivity contribution in [3.8, 4) is 16.6 Å². The van der Waals surface area contributed by atoms with Crippen molar-refractivity contribution < 1.29 is 14.3 Å². The van der Waals surface area contributed by atoms with Gasteiger partial charge >= 0.3 is 0 Å². The van der Waals surface area contributed by atoms with Crippen LogP contribution in [-0.2, 0) is 0 Å². The average molecular weight is 372 g/mol. The molecule has 5 rings (SSSR count). The first kappa shape index (κ1) is 17.4. The third-order valence-electron chi connectivity index (χ3n) is 5.56. The van der Waals surface area contributed by atoms with Gasteiger partial charge in [0.15, 0.2) is 5.06 Å². The van der Waals surface area contributed by atoms with Gasteiger partial charge in [-0.3, -0.25) is 9.69 Å². The molecule has 3 aliphatic rings. The van der Waals surface area contributed by atoms with Gasteiger partial charge in [-0.2, -0.15) is 0 Å². The standard InChI is InChI=1S/C20H24N2O3S/c1-13-19(14-9-11-22(13)12-10-14)21-20(23)17-7-8-18(26-17)25-16-5-3-15(24-2)4-6-16/h3-8,13-14,19H,9-12H2,1-2H3,(H,21,23)/t13-,19-/m0/s1. The molecule has 6 heteroatoms. The molecule has 2 aromatic rings. The van der Waals surface area contributed by atoms with E-state index in [1.165, 1.54) is 24.2 Å². The maximum Gasteiger partial charge on any atom is 0.261 e. The van der Waals surface area contributed by atoms with Gasteiger partial charge in [0.1, 0.15) is 11.5 Å². The molecule has 3 saturated heterocycles. The number of rotatable bonds is 5. The summed E-state index contributed by atoms with van der Waals surface area (Å²) in [5.41, 5.74) is 0. The largest absolute Gasteiger partial charge is 0.497 e. The molecule has 1 aromatic carbocycles. The first-order valence-electron chi connectivity index (χ1n) is 9.10. The second-order valence-corrected chi connectivity index (χ2v) is 8.06. The Morgan fingerprint density at radius 1 is 1.12 bits per heavy atom. The maximum atomic E-state index is 12.7. The predicted molar refractivity (Wildman–Crippen MR) is 102 cm³/mol. The summed E-state index contributed by atoms with van der Waals surface area (Å²) in [4.78, 5) is 15.9. The lowest BCUT2D eigenvalue weighted by atomic mass is 9.79. The van der Waals surface area contributed by atoms with Crippen LogP contribution >= 0.6 is 11.3 Å². The van der Waals surface area contributed by atoms with E-state index in [1.807, 2.05) is 36.4 Å². The number of amides is 1. The number of nitrogens with one attached hydrogen (secondary N) is 1. The zero-order valence-corrected chi connectivity index (χ0v) is 15.9. The smallest absolute Gasteiger partial charge is 0.261 e. The molecule has 1 amide bonds. The van der Waals surface area contributed by atoms with Crippen LogP contribution in [0.5, 0.6) is 16.6 Å². The monoisotopic (exact) mass is 372 g/mol. The van der Waals surface area contributed by atoms with Gasteiger partial charge in [0.2, 0.25) is 0 Å². The van der Waals surface area contributed by atoms with Crippen molar-refractivity contribution in [2.75, 3.05) is 20.2 Å². The Hall–Kier alpha value is -2.05. The summed E-state index contributed by atoms with van der Waals surface area (Å²) < 4.78 is 11.0. The number of nitrogens with zero attached hydrogens (tertiary/aromatic N) is 1. The molecule has 0 saturated carbocycles. The quantitative estimate of drug-likeness (QED) is 0.868. The van der Waals surface area contributed by atoms with Gasteiger partial charge in [0.05, 0.1) is 12.0 Å². The molecule has 1 N–H and O–H groups in total. The molecule has 2 bridgehead atoms. The summed E-state index contributed by atoms with van der Waals surface area (Å²) in [7, 11) is 1.63. The topological polar surface area (TPSA) is 50.8 Å². The molecule has 0 aliphatic carbocycles. The summed E-state index contributed by atoms with van der Waals surface area (Å²) in [6.07, 6.45) is 2.37. The van der Waals surface area contributed by atoms with Crippen LogP contribution in [0.25, 0.3) is 0 Å². The van der Waals surface area contributed by atoms with E-state index in [1.54, 1.807) is 7.11 Å². The van der Waals surface area contributed by atoms with E-state index in [0.717, 1.165) is 24.6 Å². The van der Waals surface area contributed by atoms with E-state index in [2.05, 4.69) is 17.1 Å². The molecule has 0 spiro atoms. The zero-order chi connectivity index (χ0) is 18.1. The number of benzene rings is 1. The van der Waals surface area contributed by atoms with Crippen LogP contribution < -0.4 is 14.8 Å². The third-order valence-corrected chi connectivity index (χ3v) is 6.52. The van der Waals surface area contributed by atoms with Crippen molar-refractivity contribution in [1.82, 2.24) is 10.2 Å². The van der Waals surface area contributed by atoms with Crippen molar-refractivity contribution in [2.45, 2.75) is 31.8 Å². The minimum absolute atomic E-state index is 0.00480. The van der Waals surface area contributed by atoms with Gasteiger partial charge in [0, 0.05) is 12.1 Å². The second-order valence-electron chi connectivity index (χ2n) is 7.01. The van der Waals surface area contributed by atoms with Crippen LogP contribution in [0.1, 0.15) is 29.4 Å². The lowest BCUT2D eigenvalue weighted by molar-refractivity contribution is 0.0218. The molecule has 0 unspecified atom stereocenters. The number of methoxy groups -OCH3 is 1. The van der Waals surface area contributed by atoms with Crippen LogP contribution in [0.3, 0.4) is 0 Å². The molecular formula is C20H24N2O3S. The average Bonchev–Trinajstić information content (AvgIpc) is 3.14. The summed E-state index contributed by atoms with van der Waals surface area (Å²) in [6.45, 7) is 4.55. The van der Waals surface area contributed by atoms with E-state index < -0.39 is 0 Å². The Bertz CT molecular complexity index is 764. The van der Waals surface area contributed by atoms with Crippen molar-refractivity contribution >= 4 is 17.2 Å². The Labute approximate surface area is 157 Å². The van der Waals surface area contributed by atoms with Gasteiger partial charge < -0.3 is 14.8 Å². The summed E-state index contributed by atoms with van der Waals surface area (Å²) >= 11 is 1.38. The molecule has 5 nitrogen and oxygen atoms in total. The number of fused-ring (bicyclic) bond motifs is 3. The molecule has 26 heavy (non-hydrogen) atoms. The molecule has 0 radical (unpaired) electrons. The number of thiophene rings is 1. The fraction of sp³-hybridized carbons (Fsp3) is 0.450. The molecule has 3 aliphatic heterocycles. The SMILES string of the molecule is COc1ccc(Oc2ccc(C(=O)N[C@@H]3C4CCN(CC4)[C@H]3C)s2)cc1. The molecular weight excluding hydrogens is 348 g/mol. The summed E-state index contributed by atoms with van der Waals surface area (Å²) in [6, 6.07) is 11.8. The highest BCUT2D eigenvalue weighted by Crippen LogP contribution is 2.34. The van der Waals surface area contributed by atoms with Crippen molar-refractivity contribution in [3.63, 3.8) is 0 Å². The highest BCUT2D eigenvalue weighted by atomic mass is 32.1. The highest BCUT2D eigenvalue weighted by Gasteiger charge is 2.40. The molecule has 4 heterocycles. The van der Waals surface area contributed by atoms with Gasteiger partial charge in [-0.25, -0.2) is 0 Å². The molecule has 1 aromatic heterocycles. The minimum Gasteiger partial charge on any atom is -0.497 e.